The molecule has 1 aromatic heterocycles. The van der Waals surface area contributed by atoms with E-state index in [-0.39, 0.29) is 42.0 Å². The van der Waals surface area contributed by atoms with Crippen molar-refractivity contribution < 1.29 is 50.7 Å². The molecule has 0 saturated carbocycles. The lowest BCUT2D eigenvalue weighted by Gasteiger charge is -2.28. The molecule has 3 atom stereocenters. The van der Waals surface area contributed by atoms with Gasteiger partial charge in [-0.05, 0) is 55.0 Å². The van der Waals surface area contributed by atoms with E-state index in [0.29, 0.717) is 5.75 Å². The smallest absolute Gasteiger partial charge is 0.452 e. The minimum absolute atomic E-state index is 0.0237. The number of benzene rings is 2. The summed E-state index contributed by atoms with van der Waals surface area (Å²) in [4.78, 5) is 72.2. The number of Topliss-reactive ketones (excluding diaryl/α,β-unsaturated/α-hetero) is 1. The average molecular weight is 755 g/mol. The van der Waals surface area contributed by atoms with E-state index >= 15 is 8.78 Å². The first kappa shape index (κ1) is 41.2. The van der Waals surface area contributed by atoms with Crippen LogP contribution in [-0.4, -0.2) is 71.3 Å². The number of amides is 4. The second-order valence-corrected chi connectivity index (χ2v) is 12.2. The van der Waals surface area contributed by atoms with Crippen LogP contribution in [0.5, 0.6) is 5.75 Å². The van der Waals surface area contributed by atoms with Crippen LogP contribution in [-0.2, 0) is 25.1 Å². The molecule has 2 aromatic carbocycles. The van der Waals surface area contributed by atoms with Crippen LogP contribution in [0.4, 0.5) is 22.0 Å². The number of nitrogens with zero attached hydrogens (tertiary/aromatic N) is 2. The number of rotatable bonds is 17. The Morgan fingerprint density at radius 3 is 2.10 bits per heavy atom. The van der Waals surface area contributed by atoms with E-state index < -0.39 is 71.1 Å². The third kappa shape index (κ3) is 11.4. The topological polar surface area (TPSA) is 168 Å². The van der Waals surface area contributed by atoms with Crippen molar-refractivity contribution >= 4 is 41.0 Å². The summed E-state index contributed by atoms with van der Waals surface area (Å²) in [6.45, 7) is 2.62. The third-order valence-electron chi connectivity index (χ3n) is 7.65. The number of aromatic nitrogens is 2. The van der Waals surface area contributed by atoms with Crippen molar-refractivity contribution in [1.29, 1.82) is 0 Å². The fourth-order valence-electron chi connectivity index (χ4n) is 4.81. The molecule has 12 nitrogen and oxygen atoms in total. The molecule has 18 heteroatoms. The molecule has 0 aliphatic rings. The lowest BCUT2D eigenvalue weighted by Crippen LogP contribution is -2.55. The van der Waals surface area contributed by atoms with Crippen molar-refractivity contribution in [2.45, 2.75) is 63.3 Å². The van der Waals surface area contributed by atoms with Crippen molar-refractivity contribution in [1.82, 2.24) is 31.2 Å². The summed E-state index contributed by atoms with van der Waals surface area (Å²) in [7, 11) is 1.35. The van der Waals surface area contributed by atoms with E-state index in [4.69, 9.17) is 16.3 Å². The maximum atomic E-state index is 15.3. The Balaban J connectivity index is 1.88. The van der Waals surface area contributed by atoms with Gasteiger partial charge in [0, 0.05) is 29.5 Å². The van der Waals surface area contributed by atoms with Gasteiger partial charge in [-0.3, -0.25) is 24.0 Å². The number of ketones is 1. The van der Waals surface area contributed by atoms with Crippen molar-refractivity contribution in [2.75, 3.05) is 13.7 Å². The lowest BCUT2D eigenvalue weighted by atomic mass is 9.97. The number of hydrogen-bond acceptors (Lipinski definition) is 8. The molecule has 0 saturated heterocycles. The summed E-state index contributed by atoms with van der Waals surface area (Å²) in [5.74, 6) is -11.9. The summed E-state index contributed by atoms with van der Waals surface area (Å²) < 4.78 is 75.8. The Labute approximate surface area is 300 Å². The van der Waals surface area contributed by atoms with Gasteiger partial charge < -0.3 is 26.0 Å². The quantitative estimate of drug-likeness (QED) is 0.116. The van der Waals surface area contributed by atoms with E-state index in [9.17, 15) is 37.1 Å². The number of carbonyl (C=O) groups is 5. The Morgan fingerprint density at radius 2 is 1.52 bits per heavy atom. The van der Waals surface area contributed by atoms with Gasteiger partial charge in [-0.25, -0.2) is 9.97 Å². The zero-order chi connectivity index (χ0) is 38.6. The second-order valence-electron chi connectivity index (χ2n) is 11.8. The Morgan fingerprint density at radius 1 is 0.865 bits per heavy atom. The molecule has 0 aliphatic carbocycles. The van der Waals surface area contributed by atoms with Crippen LogP contribution in [0.3, 0.4) is 0 Å². The van der Waals surface area contributed by atoms with Gasteiger partial charge >= 0.3 is 12.1 Å². The molecule has 3 rings (SSSR count). The zero-order valence-electron chi connectivity index (χ0n) is 28.1. The highest BCUT2D eigenvalue weighted by Crippen LogP contribution is 2.30. The fourth-order valence-corrected chi connectivity index (χ4v) is 5.00. The van der Waals surface area contributed by atoms with Gasteiger partial charge in [0.05, 0.1) is 18.7 Å². The van der Waals surface area contributed by atoms with Gasteiger partial charge in [0.25, 0.3) is 17.6 Å². The second kappa shape index (κ2) is 18.3. The number of hydrogen-bond donors (Lipinski definition) is 4. The molecule has 4 amide bonds. The summed E-state index contributed by atoms with van der Waals surface area (Å²) in [5.41, 5.74) is -0.570. The number of halogens is 6. The van der Waals surface area contributed by atoms with Crippen molar-refractivity contribution in [3.05, 3.63) is 89.0 Å². The minimum Gasteiger partial charge on any atom is -0.497 e. The predicted molar refractivity (Wildman–Crippen MR) is 177 cm³/mol. The molecule has 0 aliphatic heterocycles. The Hall–Kier alpha value is -5.19. The van der Waals surface area contributed by atoms with Gasteiger partial charge in [0.1, 0.15) is 24.2 Å². The normalized spacial score (nSPS) is 13.3. The van der Waals surface area contributed by atoms with Gasteiger partial charge in [0.15, 0.2) is 0 Å². The monoisotopic (exact) mass is 754 g/mol. The maximum absolute atomic E-state index is 15.3. The highest BCUT2D eigenvalue weighted by Gasteiger charge is 2.46. The van der Waals surface area contributed by atoms with Crippen LogP contribution in [0.1, 0.15) is 60.6 Å². The number of ether oxygens (including phenoxy) is 1. The van der Waals surface area contributed by atoms with E-state index in [1.165, 1.54) is 76.1 Å². The first-order valence-electron chi connectivity index (χ1n) is 15.8. The molecule has 0 bridgehead atoms. The van der Waals surface area contributed by atoms with Gasteiger partial charge in [-0.15, -0.1) is 0 Å². The molecule has 0 radical (unpaired) electrons. The van der Waals surface area contributed by atoms with E-state index in [1.807, 2.05) is 10.6 Å². The van der Waals surface area contributed by atoms with Crippen molar-refractivity contribution in [2.24, 2.45) is 5.92 Å². The molecule has 0 spiro atoms. The van der Waals surface area contributed by atoms with E-state index in [0.717, 1.165) is 12.1 Å². The highest BCUT2D eigenvalue weighted by atomic mass is 35.5. The first-order valence-corrected chi connectivity index (χ1v) is 16.2. The molecule has 52 heavy (non-hydrogen) atoms. The van der Waals surface area contributed by atoms with Gasteiger partial charge in [-0.2, -0.15) is 22.0 Å². The molecular formula is C34H36ClF5N6O6. The summed E-state index contributed by atoms with van der Waals surface area (Å²) in [6.07, 6.45) is -1.50. The summed E-state index contributed by atoms with van der Waals surface area (Å²) in [6, 6.07) is 4.25. The third-order valence-corrected chi connectivity index (χ3v) is 7.88. The number of alkyl halides is 5. The SMILES string of the molecule is COc1ccc(C(NC(=O)C(CCCCNC(=O)c2cncnc2)NC(=O)C(F)(F)c2cccc(Cl)c2)C(=O)NC(C(=O)C(F)(F)F)C(C)C)cc1. The molecule has 0 fully saturated rings. The van der Waals surface area contributed by atoms with Crippen molar-refractivity contribution in [3.8, 4) is 5.75 Å². The lowest BCUT2D eigenvalue weighted by molar-refractivity contribution is -0.175. The standard InChI is InChI=1S/C34H36ClF5N6O6/c1-19(2)26(28(47)34(38,39)40)45-31(50)27(20-10-12-24(52-3)13-11-20)46-30(49)25(9-4-5-14-43-29(48)21-16-41-18-42-17-21)44-32(51)33(36,37)22-7-6-8-23(35)15-22/h6-8,10-13,15-19,25-27H,4-5,9,14H2,1-3H3,(H,43,48)(H,44,51)(H,45,50)(H,46,49). The maximum Gasteiger partial charge on any atom is 0.452 e. The van der Waals surface area contributed by atoms with Gasteiger partial charge in [-0.1, -0.05) is 49.7 Å². The van der Waals surface area contributed by atoms with Crippen LogP contribution >= 0.6 is 11.6 Å². The number of carbonyl (C=O) groups excluding carboxylic acids is 5. The number of unbranched alkanes of at least 4 members (excludes halogenated alkanes) is 1. The van der Waals surface area contributed by atoms with E-state index in [1.54, 1.807) is 0 Å². The summed E-state index contributed by atoms with van der Waals surface area (Å²) in [5, 5.41) is 8.91. The van der Waals surface area contributed by atoms with Gasteiger partial charge in [0.2, 0.25) is 11.8 Å². The zero-order valence-corrected chi connectivity index (χ0v) is 28.9. The molecule has 3 unspecified atom stereocenters. The average Bonchev–Trinajstić information content (AvgIpc) is 3.11. The largest absolute Gasteiger partial charge is 0.497 e. The van der Waals surface area contributed by atoms with E-state index in [2.05, 4.69) is 20.6 Å². The number of methoxy groups -OCH3 is 1. The minimum atomic E-state index is -5.29. The Kier molecular flexibility index (Phi) is 14.5. The van der Waals surface area contributed by atoms with Crippen LogP contribution < -0.4 is 26.0 Å². The summed E-state index contributed by atoms with van der Waals surface area (Å²) >= 11 is 5.84. The molecule has 1 heterocycles. The highest BCUT2D eigenvalue weighted by molar-refractivity contribution is 6.30. The number of nitrogens with one attached hydrogen (secondary N) is 4. The van der Waals surface area contributed by atoms with Crippen LogP contribution in [0.2, 0.25) is 5.02 Å². The molecular weight excluding hydrogens is 719 g/mol. The predicted octanol–water partition coefficient (Wildman–Crippen LogP) is 4.45. The molecule has 3 aromatic rings. The first-order chi connectivity index (χ1) is 24.4. The fraction of sp³-hybridized carbons (Fsp3) is 0.382. The van der Waals surface area contributed by atoms with Crippen LogP contribution in [0.25, 0.3) is 0 Å². The van der Waals surface area contributed by atoms with Crippen LogP contribution in [0, 0.1) is 5.92 Å². The van der Waals surface area contributed by atoms with Crippen molar-refractivity contribution in [3.63, 3.8) is 0 Å². The van der Waals surface area contributed by atoms with Crippen LogP contribution in [0.15, 0.2) is 67.3 Å². The Bertz CT molecular complexity index is 1710. The molecule has 4 N–H and O–H groups in total. The molecule has 280 valence electrons.